The molecule has 0 spiro atoms. The van der Waals surface area contributed by atoms with Gasteiger partial charge in [-0.3, -0.25) is 4.34 Å². The number of fused-ring (bicyclic) bond motifs is 1. The zero-order valence-corrected chi connectivity index (χ0v) is 10.7. The molecule has 2 aromatic rings. The van der Waals surface area contributed by atoms with E-state index >= 15 is 0 Å². The van der Waals surface area contributed by atoms with E-state index < -0.39 is 0 Å². The predicted octanol–water partition coefficient (Wildman–Crippen LogP) is 2.92. The summed E-state index contributed by atoms with van der Waals surface area (Å²) in [6, 6.07) is 0. The molecule has 0 saturated heterocycles. The monoisotopic (exact) mass is 346 g/mol. The first-order valence-electron chi connectivity index (χ1n) is 3.15. The van der Waals surface area contributed by atoms with Crippen molar-refractivity contribution in [1.82, 2.24) is 19.3 Å². The minimum atomic E-state index is 0.125. The third-order valence-electron chi connectivity index (χ3n) is 1.42. The van der Waals surface area contributed by atoms with Crippen LogP contribution >= 0.6 is 51.6 Å². The maximum atomic E-state index is 5.89. The van der Waals surface area contributed by atoms with Crippen molar-refractivity contribution in [2.24, 2.45) is 0 Å². The summed E-state index contributed by atoms with van der Waals surface area (Å²) in [5.41, 5.74) is 1.27. The van der Waals surface area contributed by atoms with Crippen molar-refractivity contribution in [3.63, 3.8) is 0 Å². The smallest absolute Gasteiger partial charge is 0.225 e. The van der Waals surface area contributed by atoms with Gasteiger partial charge in [0, 0.05) is 6.37 Å². The fourth-order valence-electron chi connectivity index (χ4n) is 0.923. The molecule has 8 heteroatoms. The van der Waals surface area contributed by atoms with Crippen LogP contribution in [0.25, 0.3) is 11.2 Å². The Bertz CT molecular complexity index is 459. The van der Waals surface area contributed by atoms with Gasteiger partial charge < -0.3 is 0 Å². The Morgan fingerprint density at radius 1 is 1.38 bits per heavy atom. The van der Waals surface area contributed by atoms with Crippen molar-refractivity contribution in [2.75, 3.05) is 0 Å². The van der Waals surface area contributed by atoms with E-state index in [1.54, 1.807) is 6.33 Å². The van der Waals surface area contributed by atoms with Crippen LogP contribution in [0.4, 0.5) is 0 Å². The fraction of sp³-hybridized carbons (Fsp3) is 0. The molecule has 0 fully saturated rings. The molecular weight excluding hydrogens is 345 g/mol. The number of nitrogens with zero attached hydrogens (tertiary/aromatic N) is 4. The highest BCUT2D eigenvalue weighted by Gasteiger charge is 2.10. The van der Waals surface area contributed by atoms with Crippen LogP contribution in [0.2, 0.25) is 10.4 Å². The number of hydrogen-bond donors (Lipinski definition) is 0. The number of imidazole rings is 1. The summed E-state index contributed by atoms with van der Waals surface area (Å²) in [6.45, 7) is 0. The lowest BCUT2D eigenvalue weighted by Crippen LogP contribution is -1.87. The highest BCUT2D eigenvalue weighted by molar-refractivity contribution is 14.2. The molecule has 4 nitrogen and oxygen atoms in total. The van der Waals surface area contributed by atoms with E-state index in [9.17, 15) is 0 Å². The minimum absolute atomic E-state index is 0.125. The molecule has 1 unspecified atom stereocenters. The Morgan fingerprint density at radius 2 is 2.15 bits per heavy atom. The fourth-order valence-corrected chi connectivity index (χ4v) is 2.95. The average molecular weight is 347 g/mol. The number of rotatable bonds is 1. The molecule has 13 heavy (non-hydrogen) atoms. The van der Waals surface area contributed by atoms with E-state index in [-0.39, 0.29) is 5.28 Å². The van der Waals surface area contributed by atoms with Gasteiger partial charge in [0.15, 0.2) is 10.8 Å². The second kappa shape index (κ2) is 3.81. The average Bonchev–Trinajstić information content (AvgIpc) is 2.47. The second-order valence-electron chi connectivity index (χ2n) is 2.15. The van der Waals surface area contributed by atoms with Crippen molar-refractivity contribution in [1.29, 1.82) is 0 Å². The molecule has 68 valence electrons. The summed E-state index contributed by atoms with van der Waals surface area (Å²) >= 11 is 13.7. The molecule has 0 aromatic carbocycles. The van der Waals surface area contributed by atoms with E-state index in [1.165, 1.54) is 0 Å². The molecule has 0 bridgehead atoms. The topological polar surface area (TPSA) is 43.6 Å². The molecule has 1 atom stereocenters. The van der Waals surface area contributed by atoms with Crippen LogP contribution in [0.5, 0.6) is 0 Å². The van der Waals surface area contributed by atoms with Gasteiger partial charge in [0.25, 0.3) is 0 Å². The summed E-state index contributed by atoms with van der Waals surface area (Å²) in [7, 11) is 0. The first kappa shape index (κ1) is 9.83. The van der Waals surface area contributed by atoms with Crippen molar-refractivity contribution in [3.05, 3.63) is 16.8 Å². The predicted molar refractivity (Wildman–Crippen MR) is 63.1 cm³/mol. The van der Waals surface area contributed by atoms with Gasteiger partial charge in [-0.15, -0.1) is 0 Å². The van der Waals surface area contributed by atoms with E-state index in [4.69, 9.17) is 23.2 Å². The molecule has 0 amide bonds. The molecule has 2 rings (SSSR count). The van der Waals surface area contributed by atoms with Gasteiger partial charge in [0.1, 0.15) is 11.8 Å². The summed E-state index contributed by atoms with van der Waals surface area (Å²) in [5, 5.41) is 0.469. The maximum absolute atomic E-state index is 5.89. The van der Waals surface area contributed by atoms with Crippen LogP contribution in [-0.2, 0) is 0 Å². The van der Waals surface area contributed by atoms with Gasteiger partial charge >= 0.3 is 0 Å². The Morgan fingerprint density at radius 3 is 2.85 bits per heavy atom. The SMILES string of the molecule is Clc1nc(Cl)c2c(ncn2PI)n1. The van der Waals surface area contributed by atoms with E-state index in [2.05, 4.69) is 37.0 Å². The normalized spacial score (nSPS) is 11.9. The Labute approximate surface area is 98.4 Å². The van der Waals surface area contributed by atoms with Gasteiger partial charge in [0.2, 0.25) is 5.28 Å². The molecule has 2 heterocycles. The number of halogens is 3. The van der Waals surface area contributed by atoms with Crippen LogP contribution in [0.3, 0.4) is 0 Å². The highest BCUT2D eigenvalue weighted by atomic mass is 127. The van der Waals surface area contributed by atoms with Crippen LogP contribution < -0.4 is 0 Å². The van der Waals surface area contributed by atoms with Crippen LogP contribution in [0, 0.1) is 0 Å². The Hall–Kier alpha value is 0.290. The quantitative estimate of drug-likeness (QED) is 0.345. The number of aromatic nitrogens is 4. The third-order valence-corrected chi connectivity index (χ3v) is 3.94. The van der Waals surface area contributed by atoms with E-state index in [0.29, 0.717) is 17.2 Å². The van der Waals surface area contributed by atoms with E-state index in [0.717, 1.165) is 5.52 Å². The third kappa shape index (κ3) is 1.75. The molecule has 0 saturated carbocycles. The first-order chi connectivity index (χ1) is 6.22. The summed E-state index contributed by atoms with van der Waals surface area (Å²) in [4.78, 5) is 11.8. The van der Waals surface area contributed by atoms with Crippen molar-refractivity contribution in [2.45, 2.75) is 0 Å². The molecule has 2 aromatic heterocycles. The molecular formula is C5H2Cl2IN4P. The van der Waals surface area contributed by atoms with Crippen molar-refractivity contribution in [3.8, 4) is 0 Å². The second-order valence-corrected chi connectivity index (χ2v) is 4.95. The molecule has 0 aliphatic carbocycles. The molecule has 0 N–H and O–H groups in total. The Kier molecular flexibility index (Phi) is 2.88. The lowest BCUT2D eigenvalue weighted by Gasteiger charge is -1.98. The standard InChI is InChI=1S/C5H2Cl2IN4P/c6-3-2-4(11-5(7)10-3)9-1-12(2)13-8/h1,13H. The lowest BCUT2D eigenvalue weighted by molar-refractivity contribution is 1.20. The zero-order valence-electron chi connectivity index (χ0n) is 6.00. The largest absolute Gasteiger partial charge is 0.298 e. The van der Waals surface area contributed by atoms with Gasteiger partial charge in [-0.1, -0.05) is 11.6 Å². The Balaban J connectivity index is 2.82. The van der Waals surface area contributed by atoms with Crippen LogP contribution in [0.15, 0.2) is 6.33 Å². The van der Waals surface area contributed by atoms with E-state index in [1.807, 2.05) is 4.34 Å². The van der Waals surface area contributed by atoms with Crippen LogP contribution in [-0.4, -0.2) is 19.3 Å². The van der Waals surface area contributed by atoms with Gasteiger partial charge in [-0.25, -0.2) is 9.97 Å². The molecule has 0 radical (unpaired) electrons. The maximum Gasteiger partial charge on any atom is 0.225 e. The van der Waals surface area contributed by atoms with Gasteiger partial charge in [-0.2, -0.15) is 4.98 Å². The number of hydrogen-bond acceptors (Lipinski definition) is 3. The van der Waals surface area contributed by atoms with Crippen molar-refractivity contribution < 1.29 is 0 Å². The van der Waals surface area contributed by atoms with Gasteiger partial charge in [-0.05, 0) is 33.6 Å². The summed E-state index contributed by atoms with van der Waals surface area (Å²) in [6.07, 6.45) is 2.19. The summed E-state index contributed by atoms with van der Waals surface area (Å²) < 4.78 is 1.88. The minimum Gasteiger partial charge on any atom is -0.298 e. The first-order valence-corrected chi connectivity index (χ1v) is 7.97. The van der Waals surface area contributed by atoms with Crippen LogP contribution in [0.1, 0.15) is 0 Å². The molecule has 0 aliphatic heterocycles. The zero-order chi connectivity index (χ0) is 9.42. The van der Waals surface area contributed by atoms with Crippen molar-refractivity contribution >= 4 is 62.8 Å². The van der Waals surface area contributed by atoms with Gasteiger partial charge in [0.05, 0.1) is 0 Å². The highest BCUT2D eigenvalue weighted by Crippen LogP contribution is 2.31. The lowest BCUT2D eigenvalue weighted by atomic mass is 10.6. The summed E-state index contributed by atoms with van der Waals surface area (Å²) in [5.74, 6) is 0. The molecule has 0 aliphatic rings.